The molecular weight excluding hydrogens is 212 g/mol. The third-order valence-corrected chi connectivity index (χ3v) is 3.00. The van der Waals surface area contributed by atoms with Crippen molar-refractivity contribution < 1.29 is 4.74 Å². The summed E-state index contributed by atoms with van der Waals surface area (Å²) < 4.78 is 5.76. The van der Waals surface area contributed by atoms with Crippen molar-refractivity contribution in [3.05, 3.63) is 23.8 Å². The summed E-state index contributed by atoms with van der Waals surface area (Å²) in [4.78, 5) is 0. The fourth-order valence-corrected chi connectivity index (χ4v) is 2.03. The first-order valence-corrected chi connectivity index (χ1v) is 6.20. The largest absolute Gasteiger partial charge is 0.493 e. The maximum Gasteiger partial charge on any atom is 0.124 e. The quantitative estimate of drug-likeness (QED) is 0.771. The topological polar surface area (TPSA) is 47.3 Å². The van der Waals surface area contributed by atoms with Gasteiger partial charge >= 0.3 is 0 Å². The van der Waals surface area contributed by atoms with Crippen LogP contribution in [-0.2, 0) is 6.42 Å². The molecule has 0 saturated heterocycles. The van der Waals surface area contributed by atoms with Gasteiger partial charge in [0.15, 0.2) is 0 Å². The Labute approximate surface area is 103 Å². The Bertz CT molecular complexity index is 396. The standard InChI is InChI=1S/C14H22N2O/c1-14(2,3)16-8-10-6-11-4-5-12(15)7-13(11)17-9-10/h4-5,7,10,16H,6,8-9,15H2,1-3H3. The van der Waals surface area contributed by atoms with Crippen molar-refractivity contribution in [2.45, 2.75) is 32.7 Å². The molecule has 0 spiro atoms. The van der Waals surface area contributed by atoms with Crippen LogP contribution in [0.15, 0.2) is 18.2 Å². The first kappa shape index (κ1) is 12.2. The monoisotopic (exact) mass is 234 g/mol. The predicted molar refractivity (Wildman–Crippen MR) is 71.3 cm³/mol. The average Bonchev–Trinajstić information content (AvgIpc) is 2.25. The minimum absolute atomic E-state index is 0.168. The molecule has 94 valence electrons. The Morgan fingerprint density at radius 3 is 2.88 bits per heavy atom. The lowest BCUT2D eigenvalue weighted by molar-refractivity contribution is 0.209. The van der Waals surface area contributed by atoms with Crippen LogP contribution in [0.5, 0.6) is 5.75 Å². The molecule has 0 bridgehead atoms. The van der Waals surface area contributed by atoms with Gasteiger partial charge in [-0.2, -0.15) is 0 Å². The van der Waals surface area contributed by atoms with E-state index in [2.05, 4.69) is 32.2 Å². The maximum absolute atomic E-state index is 5.76. The molecule has 1 aromatic carbocycles. The summed E-state index contributed by atoms with van der Waals surface area (Å²) >= 11 is 0. The third kappa shape index (κ3) is 3.37. The van der Waals surface area contributed by atoms with Crippen molar-refractivity contribution in [3.8, 4) is 5.75 Å². The highest BCUT2D eigenvalue weighted by molar-refractivity contribution is 5.49. The van der Waals surface area contributed by atoms with Crippen molar-refractivity contribution >= 4 is 5.69 Å². The summed E-state index contributed by atoms with van der Waals surface area (Å²) in [6, 6.07) is 5.94. The van der Waals surface area contributed by atoms with Gasteiger partial charge in [-0.15, -0.1) is 0 Å². The Hall–Kier alpha value is -1.22. The molecule has 3 heteroatoms. The van der Waals surface area contributed by atoms with E-state index in [4.69, 9.17) is 10.5 Å². The van der Waals surface area contributed by atoms with Crippen molar-refractivity contribution in [3.63, 3.8) is 0 Å². The number of hydrogen-bond acceptors (Lipinski definition) is 3. The Morgan fingerprint density at radius 1 is 1.41 bits per heavy atom. The van der Waals surface area contributed by atoms with Gasteiger partial charge in [-0.1, -0.05) is 6.07 Å². The lowest BCUT2D eigenvalue weighted by atomic mass is 9.95. The molecule has 17 heavy (non-hydrogen) atoms. The molecule has 1 aliphatic heterocycles. The number of rotatable bonds is 2. The summed E-state index contributed by atoms with van der Waals surface area (Å²) in [6.07, 6.45) is 1.07. The van der Waals surface area contributed by atoms with Crippen LogP contribution >= 0.6 is 0 Å². The van der Waals surface area contributed by atoms with Gasteiger partial charge in [0.1, 0.15) is 5.75 Å². The highest BCUT2D eigenvalue weighted by Crippen LogP contribution is 2.29. The first-order valence-electron chi connectivity index (χ1n) is 6.20. The van der Waals surface area contributed by atoms with Gasteiger partial charge in [0, 0.05) is 29.8 Å². The highest BCUT2D eigenvalue weighted by atomic mass is 16.5. The zero-order valence-electron chi connectivity index (χ0n) is 10.9. The first-order chi connectivity index (χ1) is 7.94. The van der Waals surface area contributed by atoms with Crippen LogP contribution < -0.4 is 15.8 Å². The fourth-order valence-electron chi connectivity index (χ4n) is 2.03. The van der Waals surface area contributed by atoms with E-state index in [1.807, 2.05) is 12.1 Å². The van der Waals surface area contributed by atoms with E-state index >= 15 is 0 Å². The van der Waals surface area contributed by atoms with Crippen LogP contribution in [0, 0.1) is 5.92 Å². The Kier molecular flexibility index (Phi) is 3.29. The molecule has 0 radical (unpaired) electrons. The summed E-state index contributed by atoms with van der Waals surface area (Å²) in [5.74, 6) is 1.50. The SMILES string of the molecule is CC(C)(C)NCC1COc2cc(N)ccc2C1. The number of benzene rings is 1. The number of nitrogens with one attached hydrogen (secondary N) is 1. The van der Waals surface area contributed by atoms with Crippen molar-refractivity contribution in [2.24, 2.45) is 5.92 Å². The molecule has 0 aliphatic carbocycles. The second-order valence-electron chi connectivity index (χ2n) is 5.88. The minimum atomic E-state index is 0.168. The van der Waals surface area contributed by atoms with E-state index in [1.54, 1.807) is 0 Å². The second kappa shape index (κ2) is 4.57. The molecule has 1 aliphatic rings. The van der Waals surface area contributed by atoms with E-state index in [0.29, 0.717) is 5.92 Å². The van der Waals surface area contributed by atoms with E-state index in [1.165, 1.54) is 5.56 Å². The molecule has 1 unspecified atom stereocenters. The third-order valence-electron chi connectivity index (χ3n) is 3.00. The van der Waals surface area contributed by atoms with Crippen molar-refractivity contribution in [1.29, 1.82) is 0 Å². The van der Waals surface area contributed by atoms with E-state index < -0.39 is 0 Å². The fraction of sp³-hybridized carbons (Fsp3) is 0.571. The van der Waals surface area contributed by atoms with Gasteiger partial charge in [0.25, 0.3) is 0 Å². The lowest BCUT2D eigenvalue weighted by Crippen LogP contribution is -2.41. The van der Waals surface area contributed by atoms with Gasteiger partial charge in [-0.25, -0.2) is 0 Å². The zero-order valence-corrected chi connectivity index (χ0v) is 10.9. The molecule has 0 fully saturated rings. The highest BCUT2D eigenvalue weighted by Gasteiger charge is 2.21. The van der Waals surface area contributed by atoms with Crippen LogP contribution in [0.1, 0.15) is 26.3 Å². The zero-order chi connectivity index (χ0) is 12.5. The van der Waals surface area contributed by atoms with Gasteiger partial charge in [0.05, 0.1) is 6.61 Å². The number of nitrogen functional groups attached to an aromatic ring is 1. The molecule has 0 amide bonds. The number of hydrogen-bond donors (Lipinski definition) is 2. The van der Waals surface area contributed by atoms with Crippen LogP contribution in [0.25, 0.3) is 0 Å². The van der Waals surface area contributed by atoms with Gasteiger partial charge < -0.3 is 15.8 Å². The van der Waals surface area contributed by atoms with E-state index in [0.717, 1.165) is 31.0 Å². The van der Waals surface area contributed by atoms with Crippen LogP contribution in [0.3, 0.4) is 0 Å². The number of ether oxygens (including phenoxy) is 1. The number of anilines is 1. The summed E-state index contributed by atoms with van der Waals surface area (Å²) in [7, 11) is 0. The van der Waals surface area contributed by atoms with Crippen molar-refractivity contribution in [2.75, 3.05) is 18.9 Å². The predicted octanol–water partition coefficient (Wildman–Crippen LogP) is 2.21. The van der Waals surface area contributed by atoms with Gasteiger partial charge in [0.2, 0.25) is 0 Å². The van der Waals surface area contributed by atoms with E-state index in [9.17, 15) is 0 Å². The van der Waals surface area contributed by atoms with Crippen LogP contribution in [0.4, 0.5) is 5.69 Å². The second-order valence-corrected chi connectivity index (χ2v) is 5.88. The van der Waals surface area contributed by atoms with Gasteiger partial charge in [-0.3, -0.25) is 0 Å². The molecule has 1 heterocycles. The van der Waals surface area contributed by atoms with E-state index in [-0.39, 0.29) is 5.54 Å². The molecule has 3 nitrogen and oxygen atoms in total. The summed E-state index contributed by atoms with van der Waals surface area (Å²) in [6.45, 7) is 8.33. The Balaban J connectivity index is 1.97. The number of nitrogens with two attached hydrogens (primary N) is 1. The molecule has 0 saturated carbocycles. The number of fused-ring (bicyclic) bond motifs is 1. The molecule has 1 aromatic rings. The molecule has 0 aromatic heterocycles. The molecular formula is C14H22N2O. The minimum Gasteiger partial charge on any atom is -0.493 e. The van der Waals surface area contributed by atoms with Crippen LogP contribution in [-0.4, -0.2) is 18.7 Å². The van der Waals surface area contributed by atoms with Gasteiger partial charge in [-0.05, 0) is 38.8 Å². The molecule has 3 N–H and O–H groups in total. The lowest BCUT2D eigenvalue weighted by Gasteiger charge is -2.29. The van der Waals surface area contributed by atoms with Crippen molar-refractivity contribution in [1.82, 2.24) is 5.32 Å². The Morgan fingerprint density at radius 2 is 2.18 bits per heavy atom. The summed E-state index contributed by atoms with van der Waals surface area (Å²) in [5.41, 5.74) is 7.95. The smallest absolute Gasteiger partial charge is 0.124 e. The van der Waals surface area contributed by atoms with Crippen LogP contribution in [0.2, 0.25) is 0 Å². The molecule has 2 rings (SSSR count). The normalized spacial score (nSPS) is 19.6. The average molecular weight is 234 g/mol. The summed E-state index contributed by atoms with van der Waals surface area (Å²) in [5, 5.41) is 3.53. The maximum atomic E-state index is 5.76. The molecule has 1 atom stereocenters.